The van der Waals surface area contributed by atoms with E-state index in [9.17, 15) is 19.2 Å². The molecule has 7 heteroatoms. The van der Waals surface area contributed by atoms with Crippen LogP contribution in [-0.2, 0) is 14.4 Å². The van der Waals surface area contributed by atoms with Crippen LogP contribution in [0, 0.1) is 0 Å². The van der Waals surface area contributed by atoms with E-state index in [0.717, 1.165) is 34.6 Å². The lowest BCUT2D eigenvalue weighted by molar-refractivity contribution is -0.144. The minimum Gasteiger partial charge on any atom is -0.324 e. The Balaban J connectivity index is 1.70. The first-order valence-electron chi connectivity index (χ1n) is 9.51. The molecule has 1 N–H and O–H groups in total. The Kier molecular flexibility index (Phi) is 5.58. The van der Waals surface area contributed by atoms with Gasteiger partial charge in [-0.25, -0.2) is 9.69 Å². The number of hydrogen-bond acceptors (Lipinski definition) is 4. The van der Waals surface area contributed by atoms with Gasteiger partial charge in [0.2, 0.25) is 5.91 Å². The van der Waals surface area contributed by atoms with Crippen molar-refractivity contribution in [2.75, 3.05) is 11.9 Å². The molecular formula is C20H25N3O4. The van der Waals surface area contributed by atoms with E-state index >= 15 is 0 Å². The average Bonchev–Trinajstić information content (AvgIpc) is 3.25. The second-order valence-electron chi connectivity index (χ2n) is 7.23. The summed E-state index contributed by atoms with van der Waals surface area (Å²) in [5.74, 6) is -1.97. The van der Waals surface area contributed by atoms with E-state index in [1.165, 1.54) is 0 Å². The molecule has 5 amide bonds. The first-order valence-corrected chi connectivity index (χ1v) is 9.51. The van der Waals surface area contributed by atoms with Gasteiger partial charge >= 0.3 is 17.8 Å². The summed E-state index contributed by atoms with van der Waals surface area (Å²) in [6.45, 7) is 3.67. The summed E-state index contributed by atoms with van der Waals surface area (Å²) in [5.41, 5.74) is 1.66. The maximum absolute atomic E-state index is 12.6. The van der Waals surface area contributed by atoms with Crippen LogP contribution in [0.5, 0.6) is 0 Å². The van der Waals surface area contributed by atoms with E-state index < -0.39 is 30.3 Å². The third-order valence-electron chi connectivity index (χ3n) is 5.45. The highest BCUT2D eigenvalue weighted by molar-refractivity contribution is 6.45. The molecule has 1 saturated carbocycles. The molecule has 1 aromatic carbocycles. The number of amides is 5. The number of hydrogen-bond donors (Lipinski definition) is 1. The fourth-order valence-corrected chi connectivity index (χ4v) is 3.74. The van der Waals surface area contributed by atoms with Gasteiger partial charge in [0.05, 0.1) is 0 Å². The number of anilines is 1. The van der Waals surface area contributed by atoms with Crippen molar-refractivity contribution in [2.45, 2.75) is 57.9 Å². The van der Waals surface area contributed by atoms with Gasteiger partial charge in [0.1, 0.15) is 6.54 Å². The van der Waals surface area contributed by atoms with Crippen LogP contribution in [-0.4, -0.2) is 46.1 Å². The SMILES string of the molecule is CC[C@@H](C)c1ccccc1NC(=O)CN1C(=O)C(=O)N(C2CCCC2)C1=O. The van der Waals surface area contributed by atoms with Crippen LogP contribution < -0.4 is 5.32 Å². The van der Waals surface area contributed by atoms with Gasteiger partial charge in [-0.15, -0.1) is 0 Å². The minimum absolute atomic E-state index is 0.229. The first-order chi connectivity index (χ1) is 12.9. The molecule has 1 aromatic rings. The van der Waals surface area contributed by atoms with Crippen LogP contribution >= 0.6 is 0 Å². The van der Waals surface area contributed by atoms with Gasteiger partial charge in [-0.05, 0) is 36.8 Å². The highest BCUT2D eigenvalue weighted by Crippen LogP contribution is 2.28. The summed E-state index contributed by atoms with van der Waals surface area (Å²) < 4.78 is 0. The van der Waals surface area contributed by atoms with Gasteiger partial charge < -0.3 is 5.32 Å². The number of rotatable bonds is 6. The van der Waals surface area contributed by atoms with Crippen LogP contribution in [0.3, 0.4) is 0 Å². The molecule has 1 aliphatic carbocycles. The van der Waals surface area contributed by atoms with E-state index in [-0.39, 0.29) is 12.0 Å². The fraction of sp³-hybridized carbons (Fsp3) is 0.500. The number of carbonyl (C=O) groups is 4. The topological polar surface area (TPSA) is 86.8 Å². The van der Waals surface area contributed by atoms with E-state index in [0.29, 0.717) is 18.5 Å². The lowest BCUT2D eigenvalue weighted by Crippen LogP contribution is -2.41. The van der Waals surface area contributed by atoms with Crippen LogP contribution in [0.2, 0.25) is 0 Å². The summed E-state index contributed by atoms with van der Waals surface area (Å²) in [4.78, 5) is 51.3. The molecule has 3 rings (SSSR count). The molecule has 1 aliphatic heterocycles. The van der Waals surface area contributed by atoms with Gasteiger partial charge in [0.25, 0.3) is 0 Å². The number of nitrogens with one attached hydrogen (secondary N) is 1. The molecule has 0 bridgehead atoms. The normalized spacial score (nSPS) is 19.1. The average molecular weight is 371 g/mol. The number of para-hydroxylation sites is 1. The highest BCUT2D eigenvalue weighted by Gasteiger charge is 2.48. The maximum atomic E-state index is 12.6. The lowest BCUT2D eigenvalue weighted by Gasteiger charge is -2.21. The monoisotopic (exact) mass is 371 g/mol. The Morgan fingerprint density at radius 2 is 1.81 bits per heavy atom. The van der Waals surface area contributed by atoms with Crippen molar-refractivity contribution in [2.24, 2.45) is 0 Å². The van der Waals surface area contributed by atoms with Crippen molar-refractivity contribution in [3.8, 4) is 0 Å². The van der Waals surface area contributed by atoms with Crippen LogP contribution in [0.1, 0.15) is 57.4 Å². The van der Waals surface area contributed by atoms with Gasteiger partial charge in [-0.1, -0.05) is 44.9 Å². The summed E-state index contributed by atoms with van der Waals surface area (Å²) in [6, 6.07) is 6.56. The number of urea groups is 1. The molecule has 1 saturated heterocycles. The van der Waals surface area contributed by atoms with Crippen molar-refractivity contribution in [3.63, 3.8) is 0 Å². The van der Waals surface area contributed by atoms with Gasteiger partial charge in [-0.3, -0.25) is 19.3 Å². The Morgan fingerprint density at radius 1 is 1.15 bits per heavy atom. The number of nitrogens with zero attached hydrogens (tertiary/aromatic N) is 2. The molecule has 0 aromatic heterocycles. The Hall–Kier alpha value is -2.70. The second-order valence-corrected chi connectivity index (χ2v) is 7.23. The minimum atomic E-state index is -0.919. The summed E-state index contributed by atoms with van der Waals surface area (Å²) in [5, 5.41) is 2.78. The largest absolute Gasteiger partial charge is 0.334 e. The summed E-state index contributed by atoms with van der Waals surface area (Å²) in [7, 11) is 0. The van der Waals surface area contributed by atoms with Crippen molar-refractivity contribution < 1.29 is 19.2 Å². The molecule has 0 unspecified atom stereocenters. The van der Waals surface area contributed by atoms with Crippen LogP contribution in [0.15, 0.2) is 24.3 Å². The molecule has 0 radical (unpaired) electrons. The zero-order valence-electron chi connectivity index (χ0n) is 15.7. The first kappa shape index (κ1) is 19.1. The molecule has 2 fully saturated rings. The van der Waals surface area contributed by atoms with E-state index in [4.69, 9.17) is 0 Å². The fourth-order valence-electron chi connectivity index (χ4n) is 3.74. The predicted octanol–water partition coefficient (Wildman–Crippen LogP) is 2.87. The molecule has 1 heterocycles. The lowest BCUT2D eigenvalue weighted by atomic mass is 9.97. The molecule has 7 nitrogen and oxygen atoms in total. The van der Waals surface area contributed by atoms with Crippen molar-refractivity contribution in [1.29, 1.82) is 0 Å². The Morgan fingerprint density at radius 3 is 2.48 bits per heavy atom. The van der Waals surface area contributed by atoms with Crippen molar-refractivity contribution >= 4 is 29.4 Å². The quantitative estimate of drug-likeness (QED) is 0.615. The molecule has 144 valence electrons. The summed E-state index contributed by atoms with van der Waals surface area (Å²) in [6.07, 6.45) is 4.21. The Bertz CT molecular complexity index is 770. The molecule has 1 atom stereocenters. The van der Waals surface area contributed by atoms with E-state index in [2.05, 4.69) is 19.2 Å². The zero-order valence-corrected chi connectivity index (χ0v) is 15.7. The van der Waals surface area contributed by atoms with Crippen LogP contribution in [0.4, 0.5) is 10.5 Å². The third kappa shape index (κ3) is 3.72. The standard InChI is InChI=1S/C20H25N3O4/c1-3-13(2)15-10-6-7-11-16(15)21-17(24)12-22-18(25)19(26)23(20(22)27)14-8-4-5-9-14/h6-7,10-11,13-14H,3-5,8-9,12H2,1-2H3,(H,21,24)/t13-/m1/s1. The maximum Gasteiger partial charge on any atom is 0.334 e. The molecular weight excluding hydrogens is 346 g/mol. The van der Waals surface area contributed by atoms with Gasteiger partial charge in [-0.2, -0.15) is 0 Å². The molecule has 27 heavy (non-hydrogen) atoms. The highest BCUT2D eigenvalue weighted by atomic mass is 16.2. The summed E-state index contributed by atoms with van der Waals surface area (Å²) >= 11 is 0. The number of benzene rings is 1. The van der Waals surface area contributed by atoms with Crippen molar-refractivity contribution in [1.82, 2.24) is 9.80 Å². The van der Waals surface area contributed by atoms with Gasteiger partial charge in [0.15, 0.2) is 0 Å². The second kappa shape index (κ2) is 7.90. The third-order valence-corrected chi connectivity index (χ3v) is 5.45. The van der Waals surface area contributed by atoms with Crippen LogP contribution in [0.25, 0.3) is 0 Å². The van der Waals surface area contributed by atoms with Gasteiger partial charge in [0, 0.05) is 11.7 Å². The smallest absolute Gasteiger partial charge is 0.324 e. The number of imide groups is 2. The predicted molar refractivity (Wildman–Crippen MR) is 100.0 cm³/mol. The Labute approximate surface area is 158 Å². The van der Waals surface area contributed by atoms with Crippen molar-refractivity contribution in [3.05, 3.63) is 29.8 Å². The zero-order chi connectivity index (χ0) is 19.6. The van der Waals surface area contributed by atoms with E-state index in [1.54, 1.807) is 6.07 Å². The molecule has 2 aliphatic rings. The number of carbonyl (C=O) groups excluding carboxylic acids is 4. The van der Waals surface area contributed by atoms with E-state index in [1.807, 2.05) is 18.2 Å². The molecule has 0 spiro atoms.